The van der Waals surface area contributed by atoms with Crippen LogP contribution in [0.1, 0.15) is 58.3 Å². The number of methoxy groups -OCH3 is 1. The average Bonchev–Trinajstić information content (AvgIpc) is 3.61. The molecule has 2 heterocycles. The maximum atomic E-state index is 15.3. The third-order valence-electron chi connectivity index (χ3n) is 6.74. The molecular formula is C23H36FN7O5. The molecule has 3 rings (SSSR count). The topological polar surface area (TPSA) is 149 Å². The SMILES string of the molecule is CCC(Nc1nc(OC)nc(NNC(=O)C(CC2CCCC2)CN(O)C=O)c1F)C(=O)N1CCCC1. The van der Waals surface area contributed by atoms with Crippen molar-refractivity contribution in [2.45, 2.75) is 64.3 Å². The second-order valence-electron chi connectivity index (χ2n) is 9.28. The van der Waals surface area contributed by atoms with Crippen LogP contribution in [-0.4, -0.2) is 76.1 Å². The van der Waals surface area contributed by atoms with E-state index in [9.17, 15) is 19.6 Å². The zero-order chi connectivity index (χ0) is 26.1. The summed E-state index contributed by atoms with van der Waals surface area (Å²) in [5.41, 5.74) is 4.90. The molecule has 2 atom stereocenters. The lowest BCUT2D eigenvalue weighted by Crippen LogP contribution is -2.42. The summed E-state index contributed by atoms with van der Waals surface area (Å²) in [6.45, 7) is 2.97. The molecule has 12 nitrogen and oxygen atoms in total. The number of likely N-dealkylation sites (tertiary alicyclic amines) is 1. The number of halogens is 1. The summed E-state index contributed by atoms with van der Waals surface area (Å²) >= 11 is 0. The van der Waals surface area contributed by atoms with E-state index in [4.69, 9.17) is 4.74 Å². The molecule has 0 spiro atoms. The van der Waals surface area contributed by atoms with E-state index in [0.29, 0.717) is 36.9 Å². The Balaban J connectivity index is 1.71. The fraction of sp³-hybridized carbons (Fsp3) is 0.696. The van der Waals surface area contributed by atoms with Crippen molar-refractivity contribution in [1.82, 2.24) is 25.4 Å². The molecule has 0 aromatic carbocycles. The van der Waals surface area contributed by atoms with Crippen molar-refractivity contribution < 1.29 is 28.7 Å². The number of ether oxygens (including phenoxy) is 1. The minimum Gasteiger partial charge on any atom is -0.467 e. The molecule has 1 saturated carbocycles. The summed E-state index contributed by atoms with van der Waals surface area (Å²) in [6, 6.07) is -0.849. The van der Waals surface area contributed by atoms with E-state index in [1.165, 1.54) is 7.11 Å². The van der Waals surface area contributed by atoms with E-state index in [0.717, 1.165) is 38.5 Å². The molecule has 200 valence electrons. The monoisotopic (exact) mass is 509 g/mol. The lowest BCUT2D eigenvalue weighted by Gasteiger charge is -2.24. The summed E-state index contributed by atoms with van der Waals surface area (Å²) in [6.07, 6.45) is 7.13. The number of anilines is 2. The highest BCUT2D eigenvalue weighted by Crippen LogP contribution is 2.31. The Morgan fingerprint density at radius 2 is 1.89 bits per heavy atom. The van der Waals surface area contributed by atoms with Crippen molar-refractivity contribution in [3.8, 4) is 6.01 Å². The summed E-state index contributed by atoms with van der Waals surface area (Å²) in [5, 5.41) is 12.9. The zero-order valence-electron chi connectivity index (χ0n) is 20.8. The van der Waals surface area contributed by atoms with E-state index < -0.39 is 23.7 Å². The van der Waals surface area contributed by atoms with Crippen LogP contribution in [0.3, 0.4) is 0 Å². The van der Waals surface area contributed by atoms with Gasteiger partial charge in [0.05, 0.1) is 19.6 Å². The Morgan fingerprint density at radius 1 is 1.22 bits per heavy atom. The highest BCUT2D eigenvalue weighted by Gasteiger charge is 2.29. The van der Waals surface area contributed by atoms with Crippen molar-refractivity contribution in [2.24, 2.45) is 11.8 Å². The first kappa shape index (κ1) is 27.4. The molecule has 2 unspecified atom stereocenters. The number of hydrazine groups is 1. The van der Waals surface area contributed by atoms with Crippen LogP contribution in [0, 0.1) is 17.7 Å². The van der Waals surface area contributed by atoms with Gasteiger partial charge in [0.2, 0.25) is 24.0 Å². The molecule has 1 aliphatic heterocycles. The van der Waals surface area contributed by atoms with Gasteiger partial charge in [-0.3, -0.25) is 30.4 Å². The number of carbonyl (C=O) groups is 3. The molecule has 4 N–H and O–H groups in total. The molecule has 0 bridgehead atoms. The van der Waals surface area contributed by atoms with Gasteiger partial charge < -0.3 is 15.0 Å². The summed E-state index contributed by atoms with van der Waals surface area (Å²) < 4.78 is 20.4. The predicted molar refractivity (Wildman–Crippen MR) is 128 cm³/mol. The smallest absolute Gasteiger partial charge is 0.320 e. The minimum atomic E-state index is -0.896. The van der Waals surface area contributed by atoms with Crippen molar-refractivity contribution in [3.05, 3.63) is 5.82 Å². The Labute approximate surface area is 209 Å². The molecule has 36 heavy (non-hydrogen) atoms. The number of hydrogen-bond donors (Lipinski definition) is 4. The van der Waals surface area contributed by atoms with Gasteiger partial charge >= 0.3 is 6.01 Å². The molecule has 13 heteroatoms. The van der Waals surface area contributed by atoms with E-state index in [2.05, 4.69) is 26.1 Å². The van der Waals surface area contributed by atoms with Crippen molar-refractivity contribution in [3.63, 3.8) is 0 Å². The Bertz CT molecular complexity index is 909. The second kappa shape index (κ2) is 13.2. The molecule has 0 radical (unpaired) electrons. The average molecular weight is 510 g/mol. The van der Waals surface area contributed by atoms with Gasteiger partial charge in [-0.15, -0.1) is 0 Å². The van der Waals surface area contributed by atoms with Gasteiger partial charge in [0.1, 0.15) is 6.04 Å². The first-order chi connectivity index (χ1) is 17.4. The Morgan fingerprint density at radius 3 is 2.50 bits per heavy atom. The zero-order valence-corrected chi connectivity index (χ0v) is 20.8. The van der Waals surface area contributed by atoms with Crippen molar-refractivity contribution in [2.75, 3.05) is 37.5 Å². The van der Waals surface area contributed by atoms with E-state index in [-0.39, 0.29) is 36.5 Å². The van der Waals surface area contributed by atoms with Gasteiger partial charge in [-0.1, -0.05) is 32.6 Å². The van der Waals surface area contributed by atoms with E-state index in [1.54, 1.807) is 4.90 Å². The van der Waals surface area contributed by atoms with Crippen LogP contribution >= 0.6 is 0 Å². The standard InChI is InChI=1S/C23H36FN7O5/c1-3-17(22(34)30-10-6-7-11-30)25-19-18(24)20(27-23(26-19)36-2)28-29-21(33)16(13-31(35)14-32)12-15-8-4-5-9-15/h14-17,35H,3-13H2,1-2H3,(H,29,33)(H2,25,26,27,28). The van der Waals surface area contributed by atoms with Crippen LogP contribution in [-0.2, 0) is 14.4 Å². The van der Waals surface area contributed by atoms with Gasteiger partial charge in [-0.2, -0.15) is 14.4 Å². The van der Waals surface area contributed by atoms with E-state index >= 15 is 4.39 Å². The van der Waals surface area contributed by atoms with Crippen LogP contribution in [0.5, 0.6) is 6.01 Å². The number of carbonyl (C=O) groups excluding carboxylic acids is 3. The normalized spacial score (nSPS) is 17.4. The molecule has 3 amide bonds. The van der Waals surface area contributed by atoms with Gasteiger partial charge in [0, 0.05) is 13.1 Å². The number of nitrogens with one attached hydrogen (secondary N) is 3. The second-order valence-corrected chi connectivity index (χ2v) is 9.28. The molecule has 1 aliphatic carbocycles. The van der Waals surface area contributed by atoms with Crippen molar-refractivity contribution >= 4 is 29.9 Å². The van der Waals surface area contributed by atoms with Crippen LogP contribution in [0.4, 0.5) is 16.0 Å². The summed E-state index contributed by atoms with van der Waals surface area (Å²) in [4.78, 5) is 46.3. The fourth-order valence-electron chi connectivity index (χ4n) is 4.76. The number of aromatic nitrogens is 2. The Kier molecular flexibility index (Phi) is 10.0. The third-order valence-corrected chi connectivity index (χ3v) is 6.74. The van der Waals surface area contributed by atoms with Crippen LogP contribution in [0.25, 0.3) is 0 Å². The first-order valence-electron chi connectivity index (χ1n) is 12.5. The van der Waals surface area contributed by atoms with E-state index in [1.807, 2.05) is 6.92 Å². The molecule has 2 aliphatic rings. The minimum absolute atomic E-state index is 0.131. The highest BCUT2D eigenvalue weighted by molar-refractivity contribution is 5.85. The maximum Gasteiger partial charge on any atom is 0.320 e. The predicted octanol–water partition coefficient (Wildman–Crippen LogP) is 1.92. The number of hydrogen-bond acceptors (Lipinski definition) is 9. The van der Waals surface area contributed by atoms with Gasteiger partial charge in [0.25, 0.3) is 0 Å². The highest BCUT2D eigenvalue weighted by atomic mass is 19.1. The number of amides is 3. The lowest BCUT2D eigenvalue weighted by molar-refractivity contribution is -0.154. The molecule has 1 aromatic heterocycles. The molecule has 2 fully saturated rings. The molecular weight excluding hydrogens is 473 g/mol. The Hall–Kier alpha value is -3.22. The number of rotatable bonds is 13. The fourth-order valence-corrected chi connectivity index (χ4v) is 4.76. The summed E-state index contributed by atoms with van der Waals surface area (Å²) in [5.74, 6) is -2.53. The van der Waals surface area contributed by atoms with Crippen molar-refractivity contribution in [1.29, 1.82) is 0 Å². The van der Waals surface area contributed by atoms with Crippen LogP contribution in [0.2, 0.25) is 0 Å². The summed E-state index contributed by atoms with van der Waals surface area (Å²) in [7, 11) is 1.32. The molecule has 1 aromatic rings. The first-order valence-corrected chi connectivity index (χ1v) is 12.5. The maximum absolute atomic E-state index is 15.3. The molecule has 1 saturated heterocycles. The van der Waals surface area contributed by atoms with Crippen LogP contribution < -0.4 is 20.9 Å². The largest absolute Gasteiger partial charge is 0.467 e. The van der Waals surface area contributed by atoms with Gasteiger partial charge in [-0.25, -0.2) is 5.06 Å². The van der Waals surface area contributed by atoms with Crippen LogP contribution in [0.15, 0.2) is 0 Å². The number of hydroxylamine groups is 2. The van der Waals surface area contributed by atoms with Gasteiger partial charge in [0.15, 0.2) is 11.6 Å². The number of nitrogens with zero attached hydrogens (tertiary/aromatic N) is 4. The quantitative estimate of drug-likeness (QED) is 0.178. The van der Waals surface area contributed by atoms with Gasteiger partial charge in [-0.05, 0) is 31.6 Å². The third kappa shape index (κ3) is 7.15. The lowest BCUT2D eigenvalue weighted by atomic mass is 9.92.